The molecule has 2 aromatic rings. The third kappa shape index (κ3) is 3.31. The zero-order valence-electron chi connectivity index (χ0n) is 12.1. The Bertz CT molecular complexity index is 685. The smallest absolute Gasteiger partial charge is 0.227 e. The highest BCUT2D eigenvalue weighted by atomic mass is 16.2. The minimum atomic E-state index is -0.158. The second kappa shape index (κ2) is 6.39. The van der Waals surface area contributed by atoms with E-state index in [1.807, 2.05) is 24.3 Å². The highest BCUT2D eigenvalue weighted by molar-refractivity contribution is 5.96. The molecule has 0 bridgehead atoms. The number of benzene rings is 1. The zero-order chi connectivity index (χ0) is 15.4. The third-order valence-electron chi connectivity index (χ3n) is 3.78. The van der Waals surface area contributed by atoms with E-state index in [0.717, 1.165) is 11.3 Å². The van der Waals surface area contributed by atoms with Gasteiger partial charge in [0, 0.05) is 24.2 Å². The van der Waals surface area contributed by atoms with Gasteiger partial charge in [-0.3, -0.25) is 14.6 Å². The number of carbonyl (C=O) groups excluding carboxylic acids is 2. The van der Waals surface area contributed by atoms with Gasteiger partial charge in [-0.15, -0.1) is 0 Å². The van der Waals surface area contributed by atoms with Gasteiger partial charge in [-0.1, -0.05) is 18.2 Å². The molecule has 1 atom stereocenters. The van der Waals surface area contributed by atoms with Crippen LogP contribution < -0.4 is 10.6 Å². The molecular weight excluding hydrogens is 278 g/mol. The topological polar surface area (TPSA) is 71.1 Å². The molecule has 0 unspecified atom stereocenters. The number of rotatable bonds is 4. The van der Waals surface area contributed by atoms with Crippen LogP contribution in [0, 0.1) is 5.92 Å². The molecule has 22 heavy (non-hydrogen) atoms. The monoisotopic (exact) mass is 295 g/mol. The average Bonchev–Trinajstić information content (AvgIpc) is 2.54. The Morgan fingerprint density at radius 2 is 2.14 bits per heavy atom. The Morgan fingerprint density at radius 3 is 2.95 bits per heavy atom. The molecule has 1 aromatic carbocycles. The first-order chi connectivity index (χ1) is 10.7. The predicted molar refractivity (Wildman–Crippen MR) is 84.4 cm³/mol. The molecule has 1 aromatic heterocycles. The number of pyridine rings is 1. The Hall–Kier alpha value is -2.69. The van der Waals surface area contributed by atoms with Crippen molar-refractivity contribution in [1.82, 2.24) is 4.98 Å². The largest absolute Gasteiger partial charge is 0.326 e. The Labute approximate surface area is 128 Å². The van der Waals surface area contributed by atoms with E-state index in [2.05, 4.69) is 15.6 Å². The quantitative estimate of drug-likeness (QED) is 0.910. The lowest BCUT2D eigenvalue weighted by molar-refractivity contribution is -0.121. The summed E-state index contributed by atoms with van der Waals surface area (Å²) in [5.74, 6) is -0.262. The van der Waals surface area contributed by atoms with E-state index in [0.29, 0.717) is 24.9 Å². The second-order valence-electron chi connectivity index (χ2n) is 5.38. The van der Waals surface area contributed by atoms with Crippen molar-refractivity contribution in [3.63, 3.8) is 0 Å². The van der Waals surface area contributed by atoms with Crippen molar-refractivity contribution in [3.05, 3.63) is 54.4 Å². The van der Waals surface area contributed by atoms with Gasteiger partial charge >= 0.3 is 0 Å². The highest BCUT2D eigenvalue weighted by Crippen LogP contribution is 2.27. The molecule has 2 heterocycles. The lowest BCUT2D eigenvalue weighted by Crippen LogP contribution is -2.30. The maximum atomic E-state index is 12.1. The summed E-state index contributed by atoms with van der Waals surface area (Å²) < 4.78 is 0. The van der Waals surface area contributed by atoms with E-state index in [-0.39, 0.29) is 17.7 Å². The molecule has 0 saturated heterocycles. The van der Waals surface area contributed by atoms with Crippen molar-refractivity contribution in [1.29, 1.82) is 0 Å². The minimum Gasteiger partial charge on any atom is -0.326 e. The van der Waals surface area contributed by atoms with E-state index in [1.54, 1.807) is 24.5 Å². The van der Waals surface area contributed by atoms with Crippen molar-refractivity contribution in [2.45, 2.75) is 19.3 Å². The molecule has 0 aliphatic carbocycles. The number of hydrogen-bond acceptors (Lipinski definition) is 3. The van der Waals surface area contributed by atoms with Crippen LogP contribution in [0.2, 0.25) is 0 Å². The zero-order valence-corrected chi connectivity index (χ0v) is 12.1. The maximum Gasteiger partial charge on any atom is 0.227 e. The predicted octanol–water partition coefficient (Wildman–Crippen LogP) is 2.61. The highest BCUT2D eigenvalue weighted by Gasteiger charge is 2.26. The van der Waals surface area contributed by atoms with Gasteiger partial charge in [0.25, 0.3) is 0 Å². The first-order valence-electron chi connectivity index (χ1n) is 7.31. The Morgan fingerprint density at radius 1 is 1.27 bits per heavy atom. The maximum absolute atomic E-state index is 12.1. The fraction of sp³-hybridized carbons (Fsp3) is 0.235. The van der Waals surface area contributed by atoms with Crippen LogP contribution in [0.5, 0.6) is 0 Å². The lowest BCUT2D eigenvalue weighted by Gasteiger charge is -2.24. The third-order valence-corrected chi connectivity index (χ3v) is 3.78. The van der Waals surface area contributed by atoms with Crippen LogP contribution in [0.4, 0.5) is 11.4 Å². The molecule has 3 rings (SSSR count). The van der Waals surface area contributed by atoms with Crippen LogP contribution in [0.25, 0.3) is 0 Å². The lowest BCUT2D eigenvalue weighted by atomic mass is 9.89. The van der Waals surface area contributed by atoms with Crippen molar-refractivity contribution < 1.29 is 9.59 Å². The van der Waals surface area contributed by atoms with Gasteiger partial charge < -0.3 is 10.6 Å². The number of carbonyl (C=O) groups is 2. The van der Waals surface area contributed by atoms with Gasteiger partial charge in [0.2, 0.25) is 11.8 Å². The average molecular weight is 295 g/mol. The molecule has 5 nitrogen and oxygen atoms in total. The Balaban J connectivity index is 1.56. The first-order valence-corrected chi connectivity index (χ1v) is 7.31. The van der Waals surface area contributed by atoms with Crippen LogP contribution in [0.3, 0.4) is 0 Å². The fourth-order valence-electron chi connectivity index (χ4n) is 2.61. The van der Waals surface area contributed by atoms with Crippen LogP contribution in [-0.2, 0) is 16.0 Å². The van der Waals surface area contributed by atoms with E-state index in [9.17, 15) is 9.59 Å². The van der Waals surface area contributed by atoms with Crippen molar-refractivity contribution in [3.8, 4) is 0 Å². The second-order valence-corrected chi connectivity index (χ2v) is 5.38. The molecule has 0 fully saturated rings. The number of nitrogens with zero attached hydrogens (tertiary/aromatic N) is 1. The summed E-state index contributed by atoms with van der Waals surface area (Å²) in [7, 11) is 0. The summed E-state index contributed by atoms with van der Waals surface area (Å²) in [5.41, 5.74) is 2.68. The van der Waals surface area contributed by atoms with Gasteiger partial charge in [-0.25, -0.2) is 0 Å². The molecule has 2 amide bonds. The summed E-state index contributed by atoms with van der Waals surface area (Å²) in [6.07, 6.45) is 4.78. The molecular formula is C17H17N3O2. The number of amides is 2. The van der Waals surface area contributed by atoms with Crippen LogP contribution in [0.1, 0.15) is 18.4 Å². The SMILES string of the molecule is O=C(CC[C@H]1Cc2ccccc2NC1=O)Nc1cccnc1. The van der Waals surface area contributed by atoms with E-state index < -0.39 is 0 Å². The molecule has 5 heteroatoms. The van der Waals surface area contributed by atoms with Crippen molar-refractivity contribution in [2.24, 2.45) is 5.92 Å². The molecule has 1 aliphatic rings. The normalized spacial score (nSPS) is 16.5. The number of nitrogens with one attached hydrogen (secondary N) is 2. The molecule has 2 N–H and O–H groups in total. The van der Waals surface area contributed by atoms with Gasteiger partial charge in [-0.05, 0) is 36.6 Å². The van der Waals surface area contributed by atoms with Crippen LogP contribution >= 0.6 is 0 Å². The van der Waals surface area contributed by atoms with E-state index >= 15 is 0 Å². The Kier molecular flexibility index (Phi) is 4.14. The van der Waals surface area contributed by atoms with Crippen LogP contribution in [-0.4, -0.2) is 16.8 Å². The molecule has 0 saturated carbocycles. The number of anilines is 2. The summed E-state index contributed by atoms with van der Waals surface area (Å²) in [5, 5.41) is 5.69. The molecule has 112 valence electrons. The van der Waals surface area contributed by atoms with Crippen molar-refractivity contribution in [2.75, 3.05) is 10.6 Å². The van der Waals surface area contributed by atoms with E-state index in [1.165, 1.54) is 0 Å². The summed E-state index contributed by atoms with van der Waals surface area (Å²) in [6, 6.07) is 11.3. The summed E-state index contributed by atoms with van der Waals surface area (Å²) in [4.78, 5) is 28.0. The fourth-order valence-corrected chi connectivity index (χ4v) is 2.61. The molecule has 0 radical (unpaired) electrons. The first kappa shape index (κ1) is 14.3. The number of aromatic nitrogens is 1. The molecule has 1 aliphatic heterocycles. The van der Waals surface area contributed by atoms with Gasteiger partial charge in [0.05, 0.1) is 11.9 Å². The number of fused-ring (bicyclic) bond motifs is 1. The summed E-state index contributed by atoms with van der Waals surface area (Å²) in [6.45, 7) is 0. The minimum absolute atomic E-state index is 0.00659. The van der Waals surface area contributed by atoms with E-state index in [4.69, 9.17) is 0 Å². The van der Waals surface area contributed by atoms with Gasteiger partial charge in [0.15, 0.2) is 0 Å². The van der Waals surface area contributed by atoms with Crippen molar-refractivity contribution >= 4 is 23.2 Å². The van der Waals surface area contributed by atoms with Gasteiger partial charge in [0.1, 0.15) is 0 Å². The summed E-state index contributed by atoms with van der Waals surface area (Å²) >= 11 is 0. The standard InChI is InChI=1S/C17H17N3O2/c21-16(19-14-5-3-9-18-11-14)8-7-13-10-12-4-1-2-6-15(12)20-17(13)22/h1-6,9,11,13H,7-8,10H2,(H,19,21)(H,20,22)/t13-/m0/s1. The number of para-hydroxylation sites is 1. The number of hydrogen-bond donors (Lipinski definition) is 2. The molecule has 0 spiro atoms. The van der Waals surface area contributed by atoms with Crippen LogP contribution in [0.15, 0.2) is 48.8 Å². The van der Waals surface area contributed by atoms with Gasteiger partial charge in [-0.2, -0.15) is 0 Å².